The van der Waals surface area contributed by atoms with Gasteiger partial charge < -0.3 is 10.5 Å². The van der Waals surface area contributed by atoms with Crippen molar-refractivity contribution in [3.63, 3.8) is 0 Å². The molecule has 10 heteroatoms. The lowest BCUT2D eigenvalue weighted by Crippen LogP contribution is -2.41. The zero-order valence-corrected chi connectivity index (χ0v) is 20.0. The molecule has 0 unspecified atom stereocenters. The van der Waals surface area contributed by atoms with Gasteiger partial charge in [0.25, 0.3) is 0 Å². The molecular weight excluding hydrogens is 487 g/mol. The average molecular weight is 509 g/mol. The van der Waals surface area contributed by atoms with E-state index in [2.05, 4.69) is 20.2 Å². The van der Waals surface area contributed by atoms with E-state index in [1.54, 1.807) is 55.0 Å². The van der Waals surface area contributed by atoms with Gasteiger partial charge in [-0.3, -0.25) is 24.6 Å². The number of fused-ring (bicyclic) bond motifs is 1. The number of halogens is 1. The first-order chi connectivity index (χ1) is 18.4. The summed E-state index contributed by atoms with van der Waals surface area (Å²) in [5.41, 5.74) is 8.12. The number of nitrogens with two attached hydrogens (primary N) is 1. The quantitative estimate of drug-likeness (QED) is 0.302. The number of rotatable bonds is 7. The minimum atomic E-state index is -1.25. The number of primary amides is 1. The van der Waals surface area contributed by atoms with Gasteiger partial charge in [-0.1, -0.05) is 0 Å². The van der Waals surface area contributed by atoms with Crippen LogP contribution in [0.15, 0.2) is 85.3 Å². The highest BCUT2D eigenvalue weighted by Gasteiger charge is 2.57. The normalized spacial score (nSPS) is 13.7. The Hall–Kier alpha value is -5.12. The maximum Gasteiger partial charge on any atom is 0.247 e. The number of amides is 2. The van der Waals surface area contributed by atoms with Gasteiger partial charge in [0.05, 0.1) is 29.1 Å². The monoisotopic (exact) mass is 508 g/mol. The van der Waals surface area contributed by atoms with Crippen molar-refractivity contribution < 1.29 is 18.7 Å². The molecule has 2 heterocycles. The van der Waals surface area contributed by atoms with E-state index in [0.29, 0.717) is 46.9 Å². The third kappa shape index (κ3) is 4.21. The topological polar surface area (TPSA) is 127 Å². The molecule has 188 valence electrons. The number of ether oxygens (including phenoxy) is 1. The molecule has 1 fully saturated rings. The van der Waals surface area contributed by atoms with E-state index in [-0.39, 0.29) is 0 Å². The molecule has 0 saturated heterocycles. The highest BCUT2D eigenvalue weighted by atomic mass is 19.1. The molecule has 1 aliphatic rings. The number of nitrogens with one attached hydrogen (secondary N) is 1. The van der Waals surface area contributed by atoms with Crippen molar-refractivity contribution in [2.45, 2.75) is 12.8 Å². The first-order valence-electron chi connectivity index (χ1n) is 11.9. The first-order valence-corrected chi connectivity index (χ1v) is 11.9. The van der Waals surface area contributed by atoms with Gasteiger partial charge in [-0.15, -0.1) is 0 Å². The van der Waals surface area contributed by atoms with E-state index in [1.807, 2.05) is 6.07 Å². The summed E-state index contributed by atoms with van der Waals surface area (Å²) < 4.78 is 19.6. The molecule has 0 atom stereocenters. The van der Waals surface area contributed by atoms with Crippen LogP contribution in [0, 0.1) is 11.2 Å². The lowest BCUT2D eigenvalue weighted by Gasteiger charge is -2.26. The molecule has 3 aromatic carbocycles. The van der Waals surface area contributed by atoms with Gasteiger partial charge in [0.15, 0.2) is 0 Å². The second-order valence-corrected chi connectivity index (χ2v) is 9.05. The van der Waals surface area contributed by atoms with Crippen molar-refractivity contribution in [3.05, 3.63) is 91.1 Å². The number of nitrogens with zero attached hydrogens (tertiary/aromatic N) is 4. The summed E-state index contributed by atoms with van der Waals surface area (Å²) in [6.07, 6.45) is 5.86. The first kappa shape index (κ1) is 23.3. The number of hydrogen-bond acceptors (Lipinski definition) is 6. The molecule has 2 aromatic heterocycles. The van der Waals surface area contributed by atoms with E-state index < -0.39 is 23.0 Å². The molecule has 0 spiro atoms. The van der Waals surface area contributed by atoms with Crippen LogP contribution < -0.4 is 15.4 Å². The van der Waals surface area contributed by atoms with Gasteiger partial charge in [0, 0.05) is 29.2 Å². The Kier molecular flexibility index (Phi) is 5.56. The molecule has 0 aliphatic heterocycles. The predicted molar refractivity (Wildman–Crippen MR) is 138 cm³/mol. The average Bonchev–Trinajstić information content (AvgIpc) is 3.57. The van der Waals surface area contributed by atoms with Crippen molar-refractivity contribution in [1.82, 2.24) is 20.2 Å². The Morgan fingerprint density at radius 3 is 2.24 bits per heavy atom. The van der Waals surface area contributed by atoms with Crippen molar-refractivity contribution in [2.75, 3.05) is 4.90 Å². The Labute approximate surface area is 216 Å². The molecular formula is C28H21FN6O3. The number of anilines is 2. The maximum atomic E-state index is 13.6. The SMILES string of the molecule is NC(=O)C1(C(=O)N(c2ccc(F)cc2)c2ccc(Oc3ccc4ncc(-c5cn[nH]c5)nc4c3)cc2)CC1. The smallest absolute Gasteiger partial charge is 0.247 e. The highest BCUT2D eigenvalue weighted by Crippen LogP contribution is 2.49. The van der Waals surface area contributed by atoms with Crippen LogP contribution in [0.25, 0.3) is 22.3 Å². The number of aromatic amines is 1. The van der Waals surface area contributed by atoms with Crippen molar-refractivity contribution >= 4 is 34.2 Å². The van der Waals surface area contributed by atoms with Crippen LogP contribution >= 0.6 is 0 Å². The van der Waals surface area contributed by atoms with E-state index in [1.165, 1.54) is 29.2 Å². The zero-order chi connectivity index (χ0) is 26.3. The van der Waals surface area contributed by atoms with Crippen LogP contribution in [0.3, 0.4) is 0 Å². The van der Waals surface area contributed by atoms with Gasteiger partial charge in [0.2, 0.25) is 11.8 Å². The molecule has 0 radical (unpaired) electrons. The summed E-state index contributed by atoms with van der Waals surface area (Å²) in [6.45, 7) is 0. The summed E-state index contributed by atoms with van der Waals surface area (Å²) in [5, 5.41) is 6.71. The van der Waals surface area contributed by atoms with Crippen molar-refractivity contribution in [2.24, 2.45) is 11.1 Å². The van der Waals surface area contributed by atoms with E-state index >= 15 is 0 Å². The van der Waals surface area contributed by atoms with Crippen molar-refractivity contribution in [1.29, 1.82) is 0 Å². The summed E-state index contributed by atoms with van der Waals surface area (Å²) in [4.78, 5) is 36.0. The van der Waals surface area contributed by atoms with Gasteiger partial charge in [-0.25, -0.2) is 9.37 Å². The number of carbonyl (C=O) groups excluding carboxylic acids is 2. The summed E-state index contributed by atoms with van der Waals surface area (Å²) in [6, 6.07) is 17.7. The van der Waals surface area contributed by atoms with Crippen LogP contribution in [-0.4, -0.2) is 32.0 Å². The summed E-state index contributed by atoms with van der Waals surface area (Å²) in [7, 11) is 0. The Balaban J connectivity index is 1.28. The molecule has 9 nitrogen and oxygen atoms in total. The van der Waals surface area contributed by atoms with Crippen molar-refractivity contribution in [3.8, 4) is 22.8 Å². The molecule has 6 rings (SSSR count). The molecule has 1 saturated carbocycles. The second-order valence-electron chi connectivity index (χ2n) is 9.05. The highest BCUT2D eigenvalue weighted by molar-refractivity contribution is 6.16. The van der Waals surface area contributed by atoms with Crippen LogP contribution in [0.5, 0.6) is 11.5 Å². The molecule has 1 aliphatic carbocycles. The molecule has 3 N–H and O–H groups in total. The van der Waals surface area contributed by atoms with E-state index in [0.717, 1.165) is 11.1 Å². The number of benzene rings is 3. The zero-order valence-electron chi connectivity index (χ0n) is 20.0. The Morgan fingerprint density at radius 2 is 1.61 bits per heavy atom. The fourth-order valence-corrected chi connectivity index (χ4v) is 4.26. The van der Waals surface area contributed by atoms with Crippen LogP contribution in [-0.2, 0) is 9.59 Å². The number of carbonyl (C=O) groups is 2. The Bertz CT molecular complexity index is 1650. The fourth-order valence-electron chi connectivity index (χ4n) is 4.26. The largest absolute Gasteiger partial charge is 0.457 e. The number of aromatic nitrogens is 4. The standard InChI is InChI=1S/C28H21FN6O3/c29-18-1-3-19(4-2-18)35(27(37)28(11-12-28)26(30)36)20-5-7-21(8-6-20)38-22-9-10-23-24(13-22)34-25(16-31-23)17-14-32-33-15-17/h1-10,13-16H,11-12H2,(H2,30,36)(H,32,33). The van der Waals surface area contributed by atoms with Gasteiger partial charge in [0.1, 0.15) is 22.7 Å². The third-order valence-electron chi connectivity index (χ3n) is 6.56. The maximum absolute atomic E-state index is 13.6. The number of hydrogen-bond donors (Lipinski definition) is 2. The van der Waals surface area contributed by atoms with Gasteiger partial charge in [-0.2, -0.15) is 5.10 Å². The third-order valence-corrected chi connectivity index (χ3v) is 6.56. The van der Waals surface area contributed by atoms with Crippen LogP contribution in [0.2, 0.25) is 0 Å². The number of H-pyrrole nitrogens is 1. The predicted octanol–water partition coefficient (Wildman–Crippen LogP) is 4.88. The lowest BCUT2D eigenvalue weighted by atomic mass is 10.0. The minimum absolute atomic E-state index is 0.382. The molecule has 0 bridgehead atoms. The van der Waals surface area contributed by atoms with E-state index in [4.69, 9.17) is 10.5 Å². The fraction of sp³-hybridized carbons (Fsp3) is 0.107. The van der Waals surface area contributed by atoms with Crippen LogP contribution in [0.4, 0.5) is 15.8 Å². The molecule has 2 amide bonds. The van der Waals surface area contributed by atoms with Crippen LogP contribution in [0.1, 0.15) is 12.8 Å². The summed E-state index contributed by atoms with van der Waals surface area (Å²) >= 11 is 0. The van der Waals surface area contributed by atoms with Gasteiger partial charge >= 0.3 is 0 Å². The molecule has 38 heavy (non-hydrogen) atoms. The van der Waals surface area contributed by atoms with Gasteiger partial charge in [-0.05, 0) is 73.5 Å². The molecule has 5 aromatic rings. The summed E-state index contributed by atoms with van der Waals surface area (Å²) in [5.74, 6) is -0.454. The minimum Gasteiger partial charge on any atom is -0.457 e. The Morgan fingerprint density at radius 1 is 0.921 bits per heavy atom. The lowest BCUT2D eigenvalue weighted by molar-refractivity contribution is -0.133. The van der Waals surface area contributed by atoms with E-state index in [9.17, 15) is 14.0 Å². The second kappa shape index (κ2) is 9.07.